The summed E-state index contributed by atoms with van der Waals surface area (Å²) in [4.78, 5) is 0. The summed E-state index contributed by atoms with van der Waals surface area (Å²) in [6.45, 7) is 1.77. The van der Waals surface area contributed by atoms with Crippen molar-refractivity contribution in [1.82, 2.24) is 5.32 Å². The highest BCUT2D eigenvalue weighted by Gasteiger charge is 2.12. The van der Waals surface area contributed by atoms with Crippen molar-refractivity contribution in [2.24, 2.45) is 0 Å². The maximum Gasteiger partial charge on any atom is 0.180 e. The lowest BCUT2D eigenvalue weighted by Gasteiger charge is -2.15. The number of nitrogens with one attached hydrogen (secondary N) is 1. The third-order valence-corrected chi connectivity index (χ3v) is 4.63. The van der Waals surface area contributed by atoms with Gasteiger partial charge in [-0.25, -0.2) is 0 Å². The molecule has 28 heavy (non-hydrogen) atoms. The van der Waals surface area contributed by atoms with Gasteiger partial charge in [-0.05, 0) is 29.3 Å². The third kappa shape index (κ3) is 5.18. The fourth-order valence-electron chi connectivity index (χ4n) is 2.94. The van der Waals surface area contributed by atoms with E-state index < -0.39 is 0 Å². The van der Waals surface area contributed by atoms with Crippen molar-refractivity contribution in [2.45, 2.75) is 19.7 Å². The second kappa shape index (κ2) is 10.0. The molecule has 4 nitrogen and oxygen atoms in total. The lowest BCUT2D eigenvalue weighted by molar-refractivity contribution is 0.284. The summed E-state index contributed by atoms with van der Waals surface area (Å²) >= 11 is 6.47. The molecule has 5 heteroatoms. The maximum atomic E-state index is 6.47. The zero-order valence-electron chi connectivity index (χ0n) is 16.1. The Hall–Kier alpha value is -2.69. The maximum absolute atomic E-state index is 6.47. The van der Waals surface area contributed by atoms with Crippen molar-refractivity contribution in [3.63, 3.8) is 0 Å². The van der Waals surface area contributed by atoms with Gasteiger partial charge in [0, 0.05) is 18.7 Å². The number of para-hydroxylation sites is 1. The minimum atomic E-state index is 0.433. The van der Waals surface area contributed by atoms with Gasteiger partial charge in [-0.1, -0.05) is 60.1 Å². The van der Waals surface area contributed by atoms with Crippen LogP contribution in [0.5, 0.6) is 17.2 Å². The third-order valence-electron chi connectivity index (χ3n) is 4.35. The van der Waals surface area contributed by atoms with E-state index in [4.69, 9.17) is 25.8 Å². The first-order valence-corrected chi connectivity index (χ1v) is 9.44. The molecule has 0 aliphatic carbocycles. The Morgan fingerprint density at radius 2 is 1.50 bits per heavy atom. The molecule has 0 spiro atoms. The molecule has 0 bridgehead atoms. The van der Waals surface area contributed by atoms with E-state index in [1.54, 1.807) is 14.2 Å². The van der Waals surface area contributed by atoms with E-state index in [1.807, 2.05) is 66.7 Å². The summed E-state index contributed by atoms with van der Waals surface area (Å²) in [5.41, 5.74) is 3.19. The van der Waals surface area contributed by atoms with Crippen molar-refractivity contribution in [1.29, 1.82) is 0 Å². The van der Waals surface area contributed by atoms with Crippen molar-refractivity contribution >= 4 is 11.6 Å². The Balaban J connectivity index is 1.65. The van der Waals surface area contributed by atoms with Crippen LogP contribution in [-0.2, 0) is 19.7 Å². The SMILES string of the molecule is COc1ccccc1CNCc1cc(Cl)c(OCc2ccccc2)c(OC)c1. The second-order valence-electron chi connectivity index (χ2n) is 6.30. The molecule has 1 N–H and O–H groups in total. The van der Waals surface area contributed by atoms with Crippen molar-refractivity contribution in [3.05, 3.63) is 88.4 Å². The molecule has 0 heterocycles. The summed E-state index contributed by atoms with van der Waals surface area (Å²) < 4.78 is 16.8. The van der Waals surface area contributed by atoms with E-state index in [1.165, 1.54) is 0 Å². The average molecular weight is 398 g/mol. The number of hydrogen-bond acceptors (Lipinski definition) is 4. The molecule has 0 fully saturated rings. The molecule has 0 aromatic heterocycles. The molecule has 0 unspecified atom stereocenters. The molecule has 0 saturated carbocycles. The summed E-state index contributed by atoms with van der Waals surface area (Å²) in [5.74, 6) is 2.05. The zero-order chi connectivity index (χ0) is 19.8. The van der Waals surface area contributed by atoms with Crippen LogP contribution in [0.3, 0.4) is 0 Å². The highest BCUT2D eigenvalue weighted by Crippen LogP contribution is 2.37. The van der Waals surface area contributed by atoms with Crippen LogP contribution in [-0.4, -0.2) is 14.2 Å². The number of benzene rings is 3. The number of rotatable bonds is 9. The highest BCUT2D eigenvalue weighted by atomic mass is 35.5. The van der Waals surface area contributed by atoms with Gasteiger partial charge in [-0.3, -0.25) is 0 Å². The molecule has 146 valence electrons. The number of methoxy groups -OCH3 is 2. The van der Waals surface area contributed by atoms with Gasteiger partial charge in [0.1, 0.15) is 12.4 Å². The van der Waals surface area contributed by atoms with Crippen LogP contribution < -0.4 is 19.5 Å². The number of hydrogen-bond donors (Lipinski definition) is 1. The minimum absolute atomic E-state index is 0.433. The first-order valence-electron chi connectivity index (χ1n) is 9.07. The van der Waals surface area contributed by atoms with Crippen LogP contribution in [0.25, 0.3) is 0 Å². The first-order chi connectivity index (χ1) is 13.7. The minimum Gasteiger partial charge on any atom is -0.496 e. The Bertz CT molecular complexity index is 900. The Morgan fingerprint density at radius 1 is 0.786 bits per heavy atom. The predicted octanol–water partition coefficient (Wildman–Crippen LogP) is 5.23. The normalized spacial score (nSPS) is 10.5. The predicted molar refractivity (Wildman–Crippen MR) is 112 cm³/mol. The standard InChI is InChI=1S/C23H24ClNO3/c1-26-21-11-7-6-10-19(21)15-25-14-18-12-20(24)23(22(13-18)27-2)28-16-17-8-4-3-5-9-17/h3-13,25H,14-16H2,1-2H3. The first kappa shape index (κ1) is 20.1. The topological polar surface area (TPSA) is 39.7 Å². The monoisotopic (exact) mass is 397 g/mol. The van der Waals surface area contributed by atoms with Crippen LogP contribution in [0.15, 0.2) is 66.7 Å². The molecule has 0 radical (unpaired) electrons. The molecular weight excluding hydrogens is 374 g/mol. The van der Waals surface area contributed by atoms with Crippen molar-refractivity contribution in [2.75, 3.05) is 14.2 Å². The second-order valence-corrected chi connectivity index (χ2v) is 6.71. The van der Waals surface area contributed by atoms with E-state index in [2.05, 4.69) is 5.32 Å². The van der Waals surface area contributed by atoms with E-state index in [-0.39, 0.29) is 0 Å². The van der Waals surface area contributed by atoms with Gasteiger partial charge in [0.25, 0.3) is 0 Å². The van der Waals surface area contributed by atoms with Gasteiger partial charge in [-0.2, -0.15) is 0 Å². The van der Waals surface area contributed by atoms with Crippen LogP contribution in [0, 0.1) is 0 Å². The van der Waals surface area contributed by atoms with E-state index in [0.29, 0.717) is 36.2 Å². The molecule has 0 atom stereocenters. The van der Waals surface area contributed by atoms with Crippen molar-refractivity contribution in [3.8, 4) is 17.2 Å². The summed E-state index contributed by atoms with van der Waals surface area (Å²) in [6.07, 6.45) is 0. The molecule has 3 rings (SSSR count). The molecule has 0 aliphatic heterocycles. The molecule has 3 aromatic carbocycles. The molecule has 3 aromatic rings. The largest absolute Gasteiger partial charge is 0.496 e. The van der Waals surface area contributed by atoms with E-state index in [0.717, 1.165) is 22.4 Å². The number of halogens is 1. The Morgan fingerprint density at radius 3 is 2.25 bits per heavy atom. The average Bonchev–Trinajstić information content (AvgIpc) is 2.73. The van der Waals surface area contributed by atoms with Crippen molar-refractivity contribution < 1.29 is 14.2 Å². The zero-order valence-corrected chi connectivity index (χ0v) is 16.8. The highest BCUT2D eigenvalue weighted by molar-refractivity contribution is 6.32. The van der Waals surface area contributed by atoms with Gasteiger partial charge in [0.05, 0.1) is 19.2 Å². The lowest BCUT2D eigenvalue weighted by Crippen LogP contribution is -2.13. The molecule has 0 saturated heterocycles. The fraction of sp³-hybridized carbons (Fsp3) is 0.217. The number of ether oxygens (including phenoxy) is 3. The van der Waals surface area contributed by atoms with Gasteiger partial charge in [0.2, 0.25) is 0 Å². The molecule has 0 aliphatic rings. The quantitative estimate of drug-likeness (QED) is 0.537. The van der Waals surface area contributed by atoms with Crippen LogP contribution in [0.2, 0.25) is 5.02 Å². The van der Waals surface area contributed by atoms with Crippen LogP contribution >= 0.6 is 11.6 Å². The summed E-state index contributed by atoms with van der Waals surface area (Å²) in [7, 11) is 3.30. The summed E-state index contributed by atoms with van der Waals surface area (Å²) in [5, 5.41) is 3.95. The summed E-state index contributed by atoms with van der Waals surface area (Å²) in [6, 6.07) is 21.8. The van der Waals surface area contributed by atoms with E-state index >= 15 is 0 Å². The van der Waals surface area contributed by atoms with Crippen LogP contribution in [0.4, 0.5) is 0 Å². The van der Waals surface area contributed by atoms with Gasteiger partial charge < -0.3 is 19.5 Å². The smallest absolute Gasteiger partial charge is 0.180 e. The van der Waals surface area contributed by atoms with Gasteiger partial charge >= 0.3 is 0 Å². The Kier molecular flexibility index (Phi) is 7.18. The molecule has 0 amide bonds. The van der Waals surface area contributed by atoms with Crippen LogP contribution in [0.1, 0.15) is 16.7 Å². The lowest BCUT2D eigenvalue weighted by atomic mass is 10.1. The molecular formula is C23H24ClNO3. The van der Waals surface area contributed by atoms with E-state index in [9.17, 15) is 0 Å². The van der Waals surface area contributed by atoms with Gasteiger partial charge in [0.15, 0.2) is 11.5 Å². The fourth-order valence-corrected chi connectivity index (χ4v) is 3.22. The Labute approximate surface area is 171 Å². The van der Waals surface area contributed by atoms with Gasteiger partial charge in [-0.15, -0.1) is 0 Å².